The molecule has 1 N–H and O–H groups in total. The van der Waals surface area contributed by atoms with Crippen molar-refractivity contribution in [1.29, 1.82) is 0 Å². The molecule has 0 aliphatic carbocycles. The minimum atomic E-state index is -0.712. The maximum atomic E-state index is 13.9. The number of carbonyl (C=O) groups excluding carboxylic acids is 1. The lowest BCUT2D eigenvalue weighted by Crippen LogP contribution is -2.53. The molecule has 2 aromatic carbocycles. The van der Waals surface area contributed by atoms with E-state index in [1.807, 2.05) is 40.2 Å². The number of halogens is 1. The van der Waals surface area contributed by atoms with Gasteiger partial charge in [-0.3, -0.25) is 5.01 Å². The van der Waals surface area contributed by atoms with Gasteiger partial charge in [0.2, 0.25) is 0 Å². The van der Waals surface area contributed by atoms with Gasteiger partial charge in [-0.05, 0) is 41.5 Å². The average molecular weight is 442 g/mol. The molecule has 1 fully saturated rings. The number of benzene rings is 2. The summed E-state index contributed by atoms with van der Waals surface area (Å²) in [6.07, 6.45) is -0.115. The van der Waals surface area contributed by atoms with Crippen molar-refractivity contribution < 1.29 is 14.3 Å². The fourth-order valence-electron chi connectivity index (χ4n) is 4.25. The molecule has 5 nitrogen and oxygen atoms in total. The molecule has 0 aromatic heterocycles. The van der Waals surface area contributed by atoms with E-state index in [1.54, 1.807) is 17.1 Å². The fraction of sp³-hybridized carbons (Fsp3) is 0.500. The predicted molar refractivity (Wildman–Crippen MR) is 125 cm³/mol. The summed E-state index contributed by atoms with van der Waals surface area (Å²) in [4.78, 5) is 15.7. The monoisotopic (exact) mass is 441 g/mol. The van der Waals surface area contributed by atoms with Crippen LogP contribution in [0.3, 0.4) is 0 Å². The van der Waals surface area contributed by atoms with Crippen molar-refractivity contribution in [3.63, 3.8) is 0 Å². The van der Waals surface area contributed by atoms with Crippen LogP contribution in [0.25, 0.3) is 0 Å². The zero-order chi connectivity index (χ0) is 23.3. The Labute approximate surface area is 191 Å². The molecule has 1 aliphatic heterocycles. The fourth-order valence-corrected chi connectivity index (χ4v) is 4.25. The highest BCUT2D eigenvalue weighted by molar-refractivity contribution is 5.75. The first-order chi connectivity index (χ1) is 15.2. The van der Waals surface area contributed by atoms with E-state index in [9.17, 15) is 14.3 Å². The average Bonchev–Trinajstić information content (AvgIpc) is 2.82. The van der Waals surface area contributed by atoms with Crippen molar-refractivity contribution in [2.45, 2.75) is 52.8 Å². The second kappa shape index (κ2) is 10.9. The number of hydrogen-bond donors (Lipinski definition) is 1. The van der Waals surface area contributed by atoms with Crippen LogP contribution in [0.5, 0.6) is 0 Å². The molecule has 0 saturated carbocycles. The Balaban J connectivity index is 1.95. The van der Waals surface area contributed by atoms with Crippen LogP contribution in [0.4, 0.5) is 9.18 Å². The molecule has 0 unspecified atom stereocenters. The van der Waals surface area contributed by atoms with Crippen LogP contribution in [0.15, 0.2) is 54.6 Å². The van der Waals surface area contributed by atoms with Gasteiger partial charge < -0.3 is 10.0 Å². The predicted octanol–water partition coefficient (Wildman–Crippen LogP) is 4.56. The van der Waals surface area contributed by atoms with E-state index in [2.05, 4.69) is 27.7 Å². The second-order valence-electron chi connectivity index (χ2n) is 9.60. The van der Waals surface area contributed by atoms with Gasteiger partial charge in [0.1, 0.15) is 5.82 Å². The number of urea groups is 1. The van der Waals surface area contributed by atoms with E-state index in [1.165, 1.54) is 12.1 Å². The first kappa shape index (κ1) is 24.2. The van der Waals surface area contributed by atoms with Gasteiger partial charge in [0.05, 0.1) is 12.1 Å². The highest BCUT2D eigenvalue weighted by Gasteiger charge is 2.40. The van der Waals surface area contributed by atoms with Crippen molar-refractivity contribution >= 4 is 6.03 Å². The Morgan fingerprint density at radius 1 is 0.938 bits per heavy atom. The van der Waals surface area contributed by atoms with Crippen LogP contribution in [0.2, 0.25) is 0 Å². The van der Waals surface area contributed by atoms with Gasteiger partial charge in [0, 0.05) is 26.2 Å². The molecule has 1 aliphatic rings. The molecule has 0 bridgehead atoms. The molecule has 1 saturated heterocycles. The topological polar surface area (TPSA) is 47.0 Å². The van der Waals surface area contributed by atoms with Gasteiger partial charge in [0.15, 0.2) is 0 Å². The molecule has 174 valence electrons. The van der Waals surface area contributed by atoms with Crippen LogP contribution in [-0.4, -0.2) is 57.8 Å². The van der Waals surface area contributed by atoms with Gasteiger partial charge in [-0.2, -0.15) is 0 Å². The molecule has 0 spiro atoms. The van der Waals surface area contributed by atoms with Gasteiger partial charge in [-0.1, -0.05) is 70.2 Å². The maximum Gasteiger partial charge on any atom is 0.334 e. The van der Waals surface area contributed by atoms with E-state index in [0.717, 1.165) is 11.1 Å². The Kier molecular flexibility index (Phi) is 8.26. The zero-order valence-corrected chi connectivity index (χ0v) is 19.6. The molecule has 32 heavy (non-hydrogen) atoms. The van der Waals surface area contributed by atoms with E-state index in [4.69, 9.17) is 0 Å². The molecule has 0 radical (unpaired) electrons. The van der Waals surface area contributed by atoms with Crippen LogP contribution in [0, 0.1) is 17.7 Å². The van der Waals surface area contributed by atoms with Crippen molar-refractivity contribution in [3.05, 3.63) is 71.5 Å². The molecule has 2 atom stereocenters. The third-order valence-corrected chi connectivity index (χ3v) is 5.72. The summed E-state index contributed by atoms with van der Waals surface area (Å²) < 4.78 is 13.4. The van der Waals surface area contributed by atoms with E-state index in [0.29, 0.717) is 32.6 Å². The van der Waals surface area contributed by atoms with Crippen molar-refractivity contribution in [3.8, 4) is 0 Å². The molecule has 2 aromatic rings. The standard InChI is InChI=1S/C26H36FN3O2/c1-19(2)15-29-24(14-21-8-6-5-7-9-21)25(31)18-28(30(26(29)32)16-20(3)4)17-22-10-12-23(27)13-11-22/h5-13,19-20,24-25,31H,14-18H2,1-4H3/t24-,25-/m0/s1. The molecule has 6 heteroatoms. The first-order valence-corrected chi connectivity index (χ1v) is 11.5. The zero-order valence-electron chi connectivity index (χ0n) is 19.6. The minimum absolute atomic E-state index is 0.0769. The lowest BCUT2D eigenvalue weighted by Gasteiger charge is -2.37. The highest BCUT2D eigenvalue weighted by Crippen LogP contribution is 2.24. The summed E-state index contributed by atoms with van der Waals surface area (Å²) in [5, 5.41) is 15.0. The third kappa shape index (κ3) is 6.30. The number of hydrazine groups is 1. The Morgan fingerprint density at radius 2 is 1.56 bits per heavy atom. The number of rotatable bonds is 8. The van der Waals surface area contributed by atoms with Gasteiger partial charge in [0.25, 0.3) is 0 Å². The normalized spacial score (nSPS) is 20.3. The molecule has 3 rings (SSSR count). The Bertz CT molecular complexity index is 857. The number of carbonyl (C=O) groups is 1. The van der Waals surface area contributed by atoms with Gasteiger partial charge >= 0.3 is 6.03 Å². The van der Waals surface area contributed by atoms with Gasteiger partial charge in [-0.15, -0.1) is 0 Å². The second-order valence-corrected chi connectivity index (χ2v) is 9.60. The van der Waals surface area contributed by atoms with E-state index < -0.39 is 6.10 Å². The number of hydrogen-bond acceptors (Lipinski definition) is 3. The van der Waals surface area contributed by atoms with Crippen molar-refractivity contribution in [1.82, 2.24) is 14.9 Å². The highest BCUT2D eigenvalue weighted by atomic mass is 19.1. The quantitative estimate of drug-likeness (QED) is 0.653. The lowest BCUT2D eigenvalue weighted by atomic mass is 9.98. The van der Waals surface area contributed by atoms with Crippen LogP contribution < -0.4 is 0 Å². The third-order valence-electron chi connectivity index (χ3n) is 5.72. The number of aliphatic hydroxyl groups excluding tert-OH is 1. The number of amides is 2. The Morgan fingerprint density at radius 3 is 2.16 bits per heavy atom. The molecule has 2 amide bonds. The summed E-state index contributed by atoms with van der Waals surface area (Å²) in [6.45, 7) is 10.2. The summed E-state index contributed by atoms with van der Waals surface area (Å²) in [7, 11) is 0. The Hall–Kier alpha value is -2.44. The van der Waals surface area contributed by atoms with E-state index in [-0.39, 0.29) is 29.7 Å². The van der Waals surface area contributed by atoms with Gasteiger partial charge in [-0.25, -0.2) is 14.2 Å². The maximum absolute atomic E-state index is 13.9. The van der Waals surface area contributed by atoms with Crippen LogP contribution >= 0.6 is 0 Å². The number of nitrogens with zero attached hydrogens (tertiary/aromatic N) is 3. The SMILES string of the molecule is CC(C)CN1C(=O)N(CC(C)C)N(Cc2ccc(F)cc2)C[C@H](O)[C@@H]1Cc1ccccc1. The van der Waals surface area contributed by atoms with Crippen molar-refractivity contribution in [2.24, 2.45) is 11.8 Å². The van der Waals surface area contributed by atoms with E-state index >= 15 is 0 Å². The number of aliphatic hydroxyl groups is 1. The summed E-state index contributed by atoms with van der Waals surface area (Å²) in [5.41, 5.74) is 2.00. The first-order valence-electron chi connectivity index (χ1n) is 11.5. The summed E-state index contributed by atoms with van der Waals surface area (Å²) in [5.74, 6) is 0.248. The summed E-state index contributed by atoms with van der Waals surface area (Å²) >= 11 is 0. The summed E-state index contributed by atoms with van der Waals surface area (Å²) in [6, 6.07) is 16.0. The molecule has 1 heterocycles. The largest absolute Gasteiger partial charge is 0.390 e. The lowest BCUT2D eigenvalue weighted by molar-refractivity contribution is -0.0221. The number of β-amino-alcohol motifs (C(OH)–C–C–N with tert-alkyl or cyclic N) is 1. The minimum Gasteiger partial charge on any atom is -0.390 e. The van der Waals surface area contributed by atoms with Crippen LogP contribution in [0.1, 0.15) is 38.8 Å². The van der Waals surface area contributed by atoms with Crippen molar-refractivity contribution in [2.75, 3.05) is 19.6 Å². The molecular formula is C26H36FN3O2. The molecular weight excluding hydrogens is 405 g/mol. The smallest absolute Gasteiger partial charge is 0.334 e. The van der Waals surface area contributed by atoms with Crippen LogP contribution in [-0.2, 0) is 13.0 Å².